The number of hydrogen-bond donors (Lipinski definition) is 0. The van der Waals surface area contributed by atoms with E-state index in [9.17, 15) is 4.79 Å². The number of carbonyl (C=O) groups is 1. The summed E-state index contributed by atoms with van der Waals surface area (Å²) in [5.74, 6) is 2.40. The molecule has 1 nitrogen and oxygen atoms in total. The Hall–Kier alpha value is 0.370. The minimum atomic E-state index is 0.255. The molecule has 0 aromatic carbocycles. The molecular weight excluding hydrogens is 176 g/mol. The van der Waals surface area contributed by atoms with Crippen molar-refractivity contribution in [3.8, 4) is 0 Å². The van der Waals surface area contributed by atoms with Crippen LogP contribution in [-0.4, -0.2) is 21.9 Å². The van der Waals surface area contributed by atoms with E-state index in [1.165, 1.54) is 36.8 Å². The van der Waals surface area contributed by atoms with E-state index >= 15 is 0 Å². The molecular formula is C8H14OS2. The van der Waals surface area contributed by atoms with Gasteiger partial charge in [0.2, 0.25) is 0 Å². The Labute approximate surface area is 76.7 Å². The van der Waals surface area contributed by atoms with Gasteiger partial charge in [-0.05, 0) is 12.8 Å². The molecule has 0 radical (unpaired) electrons. The Kier molecular flexibility index (Phi) is 4.38. The highest BCUT2D eigenvalue weighted by Crippen LogP contribution is 2.34. The van der Waals surface area contributed by atoms with E-state index in [4.69, 9.17) is 0 Å². The van der Waals surface area contributed by atoms with Gasteiger partial charge in [-0.2, -0.15) is 11.8 Å². The summed E-state index contributed by atoms with van der Waals surface area (Å²) in [5.41, 5.74) is 0. The zero-order valence-corrected chi connectivity index (χ0v) is 8.47. The van der Waals surface area contributed by atoms with Crippen LogP contribution >= 0.6 is 23.5 Å². The van der Waals surface area contributed by atoms with Crippen molar-refractivity contribution in [1.29, 1.82) is 0 Å². The number of rotatable bonds is 5. The molecule has 1 aliphatic rings. The molecule has 1 saturated heterocycles. The minimum Gasteiger partial charge on any atom is -0.288 e. The second-order valence-corrected chi connectivity index (χ2v) is 5.40. The van der Waals surface area contributed by atoms with Crippen molar-refractivity contribution in [2.45, 2.75) is 31.4 Å². The summed E-state index contributed by atoms with van der Waals surface area (Å²) in [4.78, 5) is 10.5. The summed E-state index contributed by atoms with van der Waals surface area (Å²) < 4.78 is 0. The molecule has 0 bridgehead atoms. The quantitative estimate of drug-likeness (QED) is 0.490. The molecule has 1 aliphatic heterocycles. The average Bonchev–Trinajstić information content (AvgIpc) is 2.70. The van der Waals surface area contributed by atoms with Crippen molar-refractivity contribution in [3.63, 3.8) is 0 Å². The third-order valence-electron chi connectivity index (χ3n) is 1.63. The van der Waals surface area contributed by atoms with Crippen LogP contribution in [0.15, 0.2) is 0 Å². The fraction of sp³-hybridized carbons (Fsp3) is 0.875. The van der Waals surface area contributed by atoms with Gasteiger partial charge in [0.05, 0.1) is 0 Å². The molecule has 1 fully saturated rings. The van der Waals surface area contributed by atoms with Gasteiger partial charge in [-0.1, -0.05) is 18.2 Å². The van der Waals surface area contributed by atoms with Crippen molar-refractivity contribution >= 4 is 28.6 Å². The maximum atomic E-state index is 10.5. The number of unbranched alkanes of at least 4 members (excludes halogenated alkanes) is 1. The van der Waals surface area contributed by atoms with E-state index < -0.39 is 0 Å². The summed E-state index contributed by atoms with van der Waals surface area (Å²) in [6.45, 7) is 1.64. The van der Waals surface area contributed by atoms with Crippen LogP contribution in [0, 0.1) is 0 Å². The van der Waals surface area contributed by atoms with Gasteiger partial charge in [0.1, 0.15) is 0 Å². The summed E-state index contributed by atoms with van der Waals surface area (Å²) in [6.07, 6.45) is 3.88. The molecule has 0 saturated carbocycles. The van der Waals surface area contributed by atoms with Crippen molar-refractivity contribution in [3.05, 3.63) is 0 Å². The number of carbonyl (C=O) groups excluding carboxylic acids is 1. The Morgan fingerprint density at radius 2 is 2.36 bits per heavy atom. The Bertz CT molecular complexity index is 132. The summed E-state index contributed by atoms with van der Waals surface area (Å²) in [5, 5.41) is 1.23. The topological polar surface area (TPSA) is 17.1 Å². The molecule has 0 N–H and O–H groups in total. The fourth-order valence-electron chi connectivity index (χ4n) is 0.925. The largest absolute Gasteiger partial charge is 0.288 e. The van der Waals surface area contributed by atoms with Crippen LogP contribution < -0.4 is 0 Å². The van der Waals surface area contributed by atoms with Gasteiger partial charge in [-0.15, -0.1) is 0 Å². The summed E-state index contributed by atoms with van der Waals surface area (Å²) in [7, 11) is 0. The lowest BCUT2D eigenvalue weighted by Crippen LogP contribution is -1.88. The van der Waals surface area contributed by atoms with Crippen LogP contribution in [0.25, 0.3) is 0 Å². The van der Waals surface area contributed by atoms with Crippen molar-refractivity contribution in [1.82, 2.24) is 0 Å². The minimum absolute atomic E-state index is 0.255. The standard InChI is InChI=1S/C8H14OS2/c1-7(9)10-5-3-2-4-8-6-11-8/h8H,2-6H2,1H3. The molecule has 0 aromatic rings. The second kappa shape index (κ2) is 5.09. The van der Waals surface area contributed by atoms with E-state index in [2.05, 4.69) is 11.8 Å². The van der Waals surface area contributed by atoms with E-state index in [0.29, 0.717) is 0 Å². The number of thioether (sulfide) groups is 2. The molecule has 3 heteroatoms. The Balaban J connectivity index is 1.76. The van der Waals surface area contributed by atoms with Crippen LogP contribution in [-0.2, 0) is 4.79 Å². The van der Waals surface area contributed by atoms with Crippen molar-refractivity contribution < 1.29 is 4.79 Å². The van der Waals surface area contributed by atoms with Gasteiger partial charge in [-0.3, -0.25) is 4.79 Å². The zero-order valence-electron chi connectivity index (χ0n) is 6.84. The lowest BCUT2D eigenvalue weighted by molar-refractivity contribution is -0.109. The normalized spacial score (nSPS) is 21.7. The van der Waals surface area contributed by atoms with Crippen LogP contribution in [0.5, 0.6) is 0 Å². The molecule has 1 atom stereocenters. The SMILES string of the molecule is CC(=O)SCCCCC1CS1. The third kappa shape index (κ3) is 5.62. The highest BCUT2D eigenvalue weighted by molar-refractivity contribution is 8.13. The first-order valence-electron chi connectivity index (χ1n) is 4.04. The Morgan fingerprint density at radius 3 is 2.91 bits per heavy atom. The predicted molar refractivity (Wildman–Crippen MR) is 53.2 cm³/mol. The summed E-state index contributed by atoms with van der Waals surface area (Å²) >= 11 is 3.52. The Morgan fingerprint density at radius 1 is 1.64 bits per heavy atom. The maximum Gasteiger partial charge on any atom is 0.185 e. The predicted octanol–water partition coefficient (Wildman–Crippen LogP) is 2.55. The van der Waals surface area contributed by atoms with Gasteiger partial charge in [0.15, 0.2) is 5.12 Å². The van der Waals surface area contributed by atoms with Crippen LogP contribution in [0.3, 0.4) is 0 Å². The van der Waals surface area contributed by atoms with E-state index in [0.717, 1.165) is 11.0 Å². The lowest BCUT2D eigenvalue weighted by Gasteiger charge is -1.96. The lowest BCUT2D eigenvalue weighted by atomic mass is 10.2. The van der Waals surface area contributed by atoms with E-state index in [1.54, 1.807) is 6.92 Å². The maximum absolute atomic E-state index is 10.5. The first-order chi connectivity index (χ1) is 5.29. The third-order valence-corrected chi connectivity index (χ3v) is 3.57. The molecule has 11 heavy (non-hydrogen) atoms. The molecule has 1 rings (SSSR count). The molecule has 1 heterocycles. The number of hydrogen-bond acceptors (Lipinski definition) is 3. The molecule has 0 amide bonds. The molecule has 1 unspecified atom stereocenters. The molecule has 0 spiro atoms. The monoisotopic (exact) mass is 190 g/mol. The first kappa shape index (κ1) is 9.46. The molecule has 0 aromatic heterocycles. The van der Waals surface area contributed by atoms with Crippen LogP contribution in [0.1, 0.15) is 26.2 Å². The molecule has 64 valence electrons. The van der Waals surface area contributed by atoms with E-state index in [-0.39, 0.29) is 5.12 Å². The van der Waals surface area contributed by atoms with Gasteiger partial charge in [0, 0.05) is 23.7 Å². The van der Waals surface area contributed by atoms with Crippen LogP contribution in [0.2, 0.25) is 0 Å². The second-order valence-electron chi connectivity index (χ2n) is 2.79. The molecule has 0 aliphatic carbocycles. The highest BCUT2D eigenvalue weighted by Gasteiger charge is 2.20. The van der Waals surface area contributed by atoms with Gasteiger partial charge in [0.25, 0.3) is 0 Å². The van der Waals surface area contributed by atoms with Gasteiger partial charge < -0.3 is 0 Å². The van der Waals surface area contributed by atoms with Gasteiger partial charge in [-0.25, -0.2) is 0 Å². The van der Waals surface area contributed by atoms with Crippen LogP contribution in [0.4, 0.5) is 0 Å². The smallest absolute Gasteiger partial charge is 0.185 e. The van der Waals surface area contributed by atoms with Crippen molar-refractivity contribution in [2.75, 3.05) is 11.5 Å². The van der Waals surface area contributed by atoms with E-state index in [1.807, 2.05) is 0 Å². The summed E-state index contributed by atoms with van der Waals surface area (Å²) in [6, 6.07) is 0. The first-order valence-corrected chi connectivity index (χ1v) is 6.07. The van der Waals surface area contributed by atoms with Crippen molar-refractivity contribution in [2.24, 2.45) is 0 Å². The fourth-order valence-corrected chi connectivity index (χ4v) is 2.20. The zero-order chi connectivity index (χ0) is 8.10. The van der Waals surface area contributed by atoms with Gasteiger partial charge >= 0.3 is 0 Å². The highest BCUT2D eigenvalue weighted by atomic mass is 32.2. The average molecular weight is 190 g/mol.